The number of fused-ring (bicyclic) bond motifs is 2. The third kappa shape index (κ3) is 3.88. The zero-order chi connectivity index (χ0) is 25.6. The molecule has 1 aliphatic rings. The molecule has 12 heteroatoms. The minimum Gasteiger partial charge on any atom is -0.325 e. The lowest BCUT2D eigenvalue weighted by Gasteiger charge is -2.30. The number of hydrogen-bond donors (Lipinski definition) is 1. The summed E-state index contributed by atoms with van der Waals surface area (Å²) in [6.07, 6.45) is 2.91. The van der Waals surface area contributed by atoms with Gasteiger partial charge in [0.2, 0.25) is 5.91 Å². The van der Waals surface area contributed by atoms with Gasteiger partial charge in [-0.2, -0.15) is 0 Å². The highest BCUT2D eigenvalue weighted by molar-refractivity contribution is 7.92. The molecule has 186 valence electrons. The van der Waals surface area contributed by atoms with E-state index >= 15 is 0 Å². The molecule has 2 aromatic heterocycles. The maximum atomic E-state index is 13.3. The van der Waals surface area contributed by atoms with E-state index in [4.69, 9.17) is 0 Å². The molecule has 1 amide bonds. The molecule has 36 heavy (non-hydrogen) atoms. The predicted molar refractivity (Wildman–Crippen MR) is 135 cm³/mol. The molecule has 0 unspecified atom stereocenters. The Bertz CT molecular complexity index is 1720. The first-order chi connectivity index (χ1) is 17.2. The van der Waals surface area contributed by atoms with Crippen molar-refractivity contribution in [3.8, 4) is 0 Å². The van der Waals surface area contributed by atoms with Crippen molar-refractivity contribution in [2.75, 3.05) is 16.2 Å². The number of para-hydroxylation sites is 1. The minimum absolute atomic E-state index is 0.127. The van der Waals surface area contributed by atoms with Crippen LogP contribution < -0.4 is 20.9 Å². The molecule has 4 aromatic rings. The van der Waals surface area contributed by atoms with Crippen LogP contribution in [0.4, 0.5) is 11.4 Å². The normalized spacial score (nSPS) is 13.6. The summed E-state index contributed by atoms with van der Waals surface area (Å²) in [5.74, 6) is -0.439. The number of carbonyl (C=O) groups is 1. The molecule has 0 saturated heterocycles. The number of amides is 1. The van der Waals surface area contributed by atoms with Crippen molar-refractivity contribution in [2.45, 2.75) is 24.3 Å². The molecule has 0 radical (unpaired) electrons. The number of hydrogen-bond acceptors (Lipinski definition) is 6. The lowest BCUT2D eigenvalue weighted by molar-refractivity contribution is -0.116. The summed E-state index contributed by atoms with van der Waals surface area (Å²) in [7, 11) is -0.899. The Labute approximate surface area is 206 Å². The molecule has 1 aliphatic heterocycles. The average molecular weight is 509 g/mol. The number of aromatic nitrogens is 4. The van der Waals surface area contributed by atoms with E-state index in [1.807, 2.05) is 24.3 Å². The fourth-order valence-corrected chi connectivity index (χ4v) is 6.00. The highest BCUT2D eigenvalue weighted by Crippen LogP contribution is 2.32. The van der Waals surface area contributed by atoms with Gasteiger partial charge < -0.3 is 9.88 Å². The van der Waals surface area contributed by atoms with Crippen LogP contribution in [0.15, 0.2) is 69.3 Å². The van der Waals surface area contributed by atoms with Crippen LogP contribution in [-0.2, 0) is 41.9 Å². The van der Waals surface area contributed by atoms with Crippen LogP contribution in [0.5, 0.6) is 0 Å². The molecule has 0 saturated carbocycles. The number of nitrogens with one attached hydrogen (secondary N) is 1. The average Bonchev–Trinajstić information content (AvgIpc) is 3.29. The molecule has 0 bridgehead atoms. The van der Waals surface area contributed by atoms with Crippen LogP contribution >= 0.6 is 0 Å². The molecule has 0 aliphatic carbocycles. The Kier molecular flexibility index (Phi) is 5.75. The van der Waals surface area contributed by atoms with E-state index in [1.165, 1.54) is 58.1 Å². The van der Waals surface area contributed by atoms with E-state index in [-0.39, 0.29) is 22.6 Å². The van der Waals surface area contributed by atoms with Crippen LogP contribution in [0.1, 0.15) is 12.0 Å². The fourth-order valence-electron chi connectivity index (χ4n) is 4.46. The van der Waals surface area contributed by atoms with Crippen molar-refractivity contribution < 1.29 is 13.2 Å². The molecule has 5 rings (SSSR count). The summed E-state index contributed by atoms with van der Waals surface area (Å²) in [5, 5.41) is 2.71. The monoisotopic (exact) mass is 508 g/mol. The number of imidazole rings is 1. The van der Waals surface area contributed by atoms with Gasteiger partial charge in [0, 0.05) is 26.3 Å². The van der Waals surface area contributed by atoms with Crippen LogP contribution in [0.3, 0.4) is 0 Å². The lowest BCUT2D eigenvalue weighted by Crippen LogP contribution is -2.37. The topological polar surface area (TPSA) is 128 Å². The third-order valence-corrected chi connectivity index (χ3v) is 8.15. The van der Waals surface area contributed by atoms with Crippen molar-refractivity contribution in [3.05, 3.63) is 81.3 Å². The van der Waals surface area contributed by atoms with Crippen LogP contribution in [0, 0.1) is 0 Å². The summed E-state index contributed by atoms with van der Waals surface area (Å²) in [6.45, 7) is 0.191. The van der Waals surface area contributed by atoms with Crippen LogP contribution in [0.25, 0.3) is 11.2 Å². The fraction of sp³-hybridized carbons (Fsp3) is 0.250. The zero-order valence-electron chi connectivity index (χ0n) is 19.7. The van der Waals surface area contributed by atoms with E-state index in [9.17, 15) is 22.8 Å². The third-order valence-electron chi connectivity index (χ3n) is 6.32. The van der Waals surface area contributed by atoms with Crippen molar-refractivity contribution >= 4 is 38.5 Å². The van der Waals surface area contributed by atoms with Gasteiger partial charge in [-0.3, -0.25) is 23.0 Å². The van der Waals surface area contributed by atoms with Crippen LogP contribution in [-0.4, -0.2) is 39.6 Å². The molecule has 2 aromatic carbocycles. The largest absolute Gasteiger partial charge is 0.332 e. The van der Waals surface area contributed by atoms with Gasteiger partial charge in [0.15, 0.2) is 11.2 Å². The van der Waals surface area contributed by atoms with Gasteiger partial charge in [0.05, 0.1) is 16.9 Å². The standard InChI is InChI=1S/C24H24N6O5S/c1-27-22-21(23(32)28(2)24(27)33)29(15-25-22)14-20(31)26-17-9-11-18(12-10-17)36(34,35)30-13-5-7-16-6-3-4-8-19(16)30/h3-4,6,8-12,15H,5,7,13-14H2,1-2H3,(H,26,31). The van der Waals surface area contributed by atoms with Gasteiger partial charge in [0.1, 0.15) is 6.54 Å². The van der Waals surface area contributed by atoms with Gasteiger partial charge in [-0.25, -0.2) is 18.2 Å². The number of carbonyl (C=O) groups excluding carboxylic acids is 1. The summed E-state index contributed by atoms with van der Waals surface area (Å²) in [4.78, 5) is 41.5. The molecule has 0 spiro atoms. The van der Waals surface area contributed by atoms with Crippen molar-refractivity contribution in [2.24, 2.45) is 14.1 Å². The summed E-state index contributed by atoms with van der Waals surface area (Å²) in [6, 6.07) is 13.4. The molecular weight excluding hydrogens is 484 g/mol. The van der Waals surface area contributed by atoms with Crippen molar-refractivity contribution in [1.82, 2.24) is 18.7 Å². The summed E-state index contributed by atoms with van der Waals surface area (Å²) < 4.78 is 31.6. The van der Waals surface area contributed by atoms with Crippen molar-refractivity contribution in [3.63, 3.8) is 0 Å². The summed E-state index contributed by atoms with van der Waals surface area (Å²) >= 11 is 0. The van der Waals surface area contributed by atoms with E-state index in [0.29, 0.717) is 17.9 Å². The second-order valence-electron chi connectivity index (χ2n) is 8.63. The Morgan fingerprint density at radius 2 is 1.75 bits per heavy atom. The first-order valence-corrected chi connectivity index (χ1v) is 12.7. The smallest absolute Gasteiger partial charge is 0.325 e. The highest BCUT2D eigenvalue weighted by Gasteiger charge is 2.28. The van der Waals surface area contributed by atoms with Gasteiger partial charge in [-0.15, -0.1) is 0 Å². The predicted octanol–water partition coefficient (Wildman–Crippen LogP) is 1.21. The minimum atomic E-state index is -3.76. The van der Waals surface area contributed by atoms with E-state index < -0.39 is 27.2 Å². The van der Waals surface area contributed by atoms with Crippen molar-refractivity contribution in [1.29, 1.82) is 0 Å². The zero-order valence-corrected chi connectivity index (χ0v) is 20.5. The molecule has 0 fully saturated rings. The number of rotatable bonds is 5. The van der Waals surface area contributed by atoms with Crippen LogP contribution in [0.2, 0.25) is 0 Å². The Morgan fingerprint density at radius 3 is 2.50 bits per heavy atom. The van der Waals surface area contributed by atoms with Gasteiger partial charge >= 0.3 is 5.69 Å². The molecule has 1 N–H and O–H groups in total. The number of anilines is 2. The Balaban J connectivity index is 1.35. The summed E-state index contributed by atoms with van der Waals surface area (Å²) in [5.41, 5.74) is 1.36. The van der Waals surface area contributed by atoms with E-state index in [2.05, 4.69) is 10.3 Å². The molecule has 3 heterocycles. The first kappa shape index (κ1) is 23.5. The maximum Gasteiger partial charge on any atom is 0.332 e. The van der Waals surface area contributed by atoms with E-state index in [0.717, 1.165) is 23.0 Å². The van der Waals surface area contributed by atoms with E-state index in [1.54, 1.807) is 0 Å². The quantitative estimate of drug-likeness (QED) is 0.432. The number of benzene rings is 2. The van der Waals surface area contributed by atoms with Gasteiger partial charge in [0.25, 0.3) is 15.6 Å². The lowest BCUT2D eigenvalue weighted by atomic mass is 10.0. The number of aryl methyl sites for hydroxylation is 2. The molecular formula is C24H24N6O5S. The number of sulfonamides is 1. The highest BCUT2D eigenvalue weighted by atomic mass is 32.2. The first-order valence-electron chi connectivity index (χ1n) is 11.3. The maximum absolute atomic E-state index is 13.3. The second kappa shape index (κ2) is 8.79. The van der Waals surface area contributed by atoms with Gasteiger partial charge in [-0.1, -0.05) is 18.2 Å². The molecule has 0 atom stereocenters. The number of nitrogens with zero attached hydrogens (tertiary/aromatic N) is 5. The SMILES string of the molecule is Cn1c(=O)c2c(ncn2CC(=O)Nc2ccc(S(=O)(=O)N3CCCc4ccccc43)cc2)n(C)c1=O. The Morgan fingerprint density at radius 1 is 1.03 bits per heavy atom. The molecule has 11 nitrogen and oxygen atoms in total. The second-order valence-corrected chi connectivity index (χ2v) is 10.5. The van der Waals surface area contributed by atoms with Gasteiger partial charge in [-0.05, 0) is 48.7 Å². The Hall–Kier alpha value is -4.19.